The third-order valence-corrected chi connectivity index (χ3v) is 5.50. The molecule has 146 valence electrons. The van der Waals surface area contributed by atoms with Crippen molar-refractivity contribution in [1.29, 1.82) is 0 Å². The standard InChI is InChI=1S/C20H20FN3O3S/c21-18-8-6-16(7-9-18)12-23-20(25)15-28(26,27)14-19-22-10-11-24(19)13-17-4-2-1-3-5-17/h1-11H,12-15H2,(H,23,25). The van der Waals surface area contributed by atoms with Crippen molar-refractivity contribution in [1.82, 2.24) is 14.9 Å². The van der Waals surface area contributed by atoms with Crippen molar-refractivity contribution in [2.75, 3.05) is 5.75 Å². The van der Waals surface area contributed by atoms with Crippen LogP contribution in [0, 0.1) is 5.82 Å². The first-order valence-electron chi connectivity index (χ1n) is 8.67. The lowest BCUT2D eigenvalue weighted by molar-refractivity contribution is -0.118. The Kier molecular flexibility index (Phi) is 6.20. The summed E-state index contributed by atoms with van der Waals surface area (Å²) in [5, 5.41) is 2.54. The van der Waals surface area contributed by atoms with Crippen LogP contribution >= 0.6 is 0 Å². The first-order valence-corrected chi connectivity index (χ1v) is 10.5. The highest BCUT2D eigenvalue weighted by Gasteiger charge is 2.20. The second kappa shape index (κ2) is 8.79. The van der Waals surface area contributed by atoms with Crippen LogP contribution in [-0.2, 0) is 33.5 Å². The number of imidazole rings is 1. The van der Waals surface area contributed by atoms with Crippen LogP contribution in [0.25, 0.3) is 0 Å². The molecule has 1 amide bonds. The van der Waals surface area contributed by atoms with Gasteiger partial charge in [-0.15, -0.1) is 0 Å². The van der Waals surface area contributed by atoms with Crippen LogP contribution in [0.15, 0.2) is 67.0 Å². The van der Waals surface area contributed by atoms with Gasteiger partial charge in [0.05, 0.1) is 0 Å². The molecule has 3 rings (SSSR count). The van der Waals surface area contributed by atoms with E-state index in [0.29, 0.717) is 17.9 Å². The largest absolute Gasteiger partial charge is 0.351 e. The van der Waals surface area contributed by atoms with E-state index in [2.05, 4.69) is 10.3 Å². The van der Waals surface area contributed by atoms with E-state index in [9.17, 15) is 17.6 Å². The van der Waals surface area contributed by atoms with E-state index in [1.807, 2.05) is 30.3 Å². The molecule has 1 heterocycles. The molecule has 0 saturated heterocycles. The van der Waals surface area contributed by atoms with Gasteiger partial charge in [0.25, 0.3) is 0 Å². The topological polar surface area (TPSA) is 81.1 Å². The van der Waals surface area contributed by atoms with Crippen LogP contribution in [0.2, 0.25) is 0 Å². The van der Waals surface area contributed by atoms with E-state index in [0.717, 1.165) is 5.56 Å². The average Bonchev–Trinajstić information content (AvgIpc) is 3.07. The number of hydrogen-bond acceptors (Lipinski definition) is 4. The summed E-state index contributed by atoms with van der Waals surface area (Å²) in [5.41, 5.74) is 1.71. The van der Waals surface area contributed by atoms with E-state index in [-0.39, 0.29) is 18.1 Å². The lowest BCUT2D eigenvalue weighted by atomic mass is 10.2. The number of benzene rings is 2. The molecule has 1 N–H and O–H groups in total. The van der Waals surface area contributed by atoms with Crippen LogP contribution in [0.1, 0.15) is 17.0 Å². The molecule has 8 heteroatoms. The number of halogens is 1. The maximum Gasteiger partial charge on any atom is 0.235 e. The smallest absolute Gasteiger partial charge is 0.235 e. The van der Waals surface area contributed by atoms with Crippen molar-refractivity contribution in [3.05, 3.63) is 89.8 Å². The van der Waals surface area contributed by atoms with Gasteiger partial charge in [0.2, 0.25) is 5.91 Å². The van der Waals surface area contributed by atoms with Crippen LogP contribution in [0.3, 0.4) is 0 Å². The van der Waals surface area contributed by atoms with Crippen molar-refractivity contribution in [2.24, 2.45) is 0 Å². The molecule has 6 nitrogen and oxygen atoms in total. The number of hydrogen-bond donors (Lipinski definition) is 1. The molecule has 0 aliphatic heterocycles. The second-order valence-electron chi connectivity index (χ2n) is 6.39. The van der Waals surface area contributed by atoms with E-state index in [1.54, 1.807) is 17.0 Å². The van der Waals surface area contributed by atoms with Crippen molar-refractivity contribution < 1.29 is 17.6 Å². The molecule has 2 aromatic carbocycles. The van der Waals surface area contributed by atoms with Crippen molar-refractivity contribution in [3.8, 4) is 0 Å². The van der Waals surface area contributed by atoms with Gasteiger partial charge in [-0.2, -0.15) is 0 Å². The van der Waals surface area contributed by atoms with Gasteiger partial charge in [-0.05, 0) is 23.3 Å². The van der Waals surface area contributed by atoms with E-state index in [4.69, 9.17) is 0 Å². The van der Waals surface area contributed by atoms with Crippen molar-refractivity contribution in [2.45, 2.75) is 18.8 Å². The van der Waals surface area contributed by atoms with Gasteiger partial charge >= 0.3 is 0 Å². The summed E-state index contributed by atoms with van der Waals surface area (Å²) in [5.74, 6) is -1.55. The Hall–Kier alpha value is -3.00. The third-order valence-electron chi connectivity index (χ3n) is 4.10. The van der Waals surface area contributed by atoms with Gasteiger partial charge in [0.1, 0.15) is 23.1 Å². The van der Waals surface area contributed by atoms with Crippen molar-refractivity contribution >= 4 is 15.7 Å². The summed E-state index contributed by atoms with van der Waals surface area (Å²) in [4.78, 5) is 16.1. The highest BCUT2D eigenvalue weighted by atomic mass is 32.2. The highest BCUT2D eigenvalue weighted by Crippen LogP contribution is 2.09. The van der Waals surface area contributed by atoms with Crippen LogP contribution in [0.4, 0.5) is 4.39 Å². The summed E-state index contributed by atoms with van der Waals surface area (Å²) in [6.45, 7) is 0.639. The third kappa shape index (κ3) is 5.75. The minimum Gasteiger partial charge on any atom is -0.351 e. The molecule has 0 saturated carbocycles. The highest BCUT2D eigenvalue weighted by molar-refractivity contribution is 7.91. The number of amides is 1. The van der Waals surface area contributed by atoms with E-state index >= 15 is 0 Å². The van der Waals surface area contributed by atoms with Gasteiger partial charge in [0, 0.05) is 25.5 Å². The Bertz CT molecular complexity index is 1030. The summed E-state index contributed by atoms with van der Waals surface area (Å²) >= 11 is 0. The maximum atomic E-state index is 12.9. The number of aromatic nitrogens is 2. The van der Waals surface area contributed by atoms with Crippen molar-refractivity contribution in [3.63, 3.8) is 0 Å². The Morgan fingerprint density at radius 3 is 2.46 bits per heavy atom. The predicted octanol–water partition coefficient (Wildman–Crippen LogP) is 2.30. The van der Waals surface area contributed by atoms with Gasteiger partial charge in [-0.25, -0.2) is 17.8 Å². The molecule has 0 aliphatic carbocycles. The Morgan fingerprint density at radius 1 is 1.04 bits per heavy atom. The van der Waals surface area contributed by atoms with E-state index in [1.165, 1.54) is 24.3 Å². The number of nitrogens with zero attached hydrogens (tertiary/aromatic N) is 2. The van der Waals surface area contributed by atoms with Gasteiger partial charge in [0.15, 0.2) is 9.84 Å². The predicted molar refractivity (Wildman–Crippen MR) is 104 cm³/mol. The fourth-order valence-corrected chi connectivity index (χ4v) is 3.94. The number of carbonyl (C=O) groups is 1. The molecule has 0 bridgehead atoms. The zero-order chi connectivity index (χ0) is 20.0. The van der Waals surface area contributed by atoms with Gasteiger partial charge < -0.3 is 9.88 Å². The molecule has 1 aromatic heterocycles. The van der Waals surface area contributed by atoms with Gasteiger partial charge in [-0.3, -0.25) is 4.79 Å². The molecular formula is C20H20FN3O3S. The quantitative estimate of drug-likeness (QED) is 0.628. The Balaban J connectivity index is 1.57. The van der Waals surface area contributed by atoms with Crippen LogP contribution in [-0.4, -0.2) is 29.6 Å². The minimum absolute atomic E-state index is 0.136. The maximum absolute atomic E-state index is 12.9. The molecule has 0 spiro atoms. The number of nitrogens with one attached hydrogen (secondary N) is 1. The Labute approximate surface area is 163 Å². The van der Waals surface area contributed by atoms with E-state index < -0.39 is 21.5 Å². The van der Waals surface area contributed by atoms with Crippen LogP contribution < -0.4 is 5.32 Å². The first kappa shape index (κ1) is 19.8. The minimum atomic E-state index is -3.69. The molecule has 3 aromatic rings. The SMILES string of the molecule is O=C(CS(=O)(=O)Cc1nccn1Cc1ccccc1)NCc1ccc(F)cc1. The second-order valence-corrected chi connectivity index (χ2v) is 8.46. The van der Waals surface area contributed by atoms with Crippen LogP contribution in [0.5, 0.6) is 0 Å². The lowest BCUT2D eigenvalue weighted by Gasteiger charge is -2.09. The number of rotatable bonds is 8. The number of sulfone groups is 1. The summed E-state index contributed by atoms with van der Waals surface area (Å²) < 4.78 is 39.4. The zero-order valence-corrected chi connectivity index (χ0v) is 15.9. The molecule has 0 atom stereocenters. The average molecular weight is 401 g/mol. The normalized spacial score (nSPS) is 11.3. The lowest BCUT2D eigenvalue weighted by Crippen LogP contribution is -2.30. The summed E-state index contributed by atoms with van der Waals surface area (Å²) in [6.07, 6.45) is 3.26. The van der Waals surface area contributed by atoms with Gasteiger partial charge in [-0.1, -0.05) is 42.5 Å². The molecule has 0 unspecified atom stereocenters. The first-order chi connectivity index (χ1) is 13.4. The molecule has 28 heavy (non-hydrogen) atoms. The number of carbonyl (C=O) groups excluding carboxylic acids is 1. The molecule has 0 aliphatic rings. The summed E-state index contributed by atoms with van der Waals surface area (Å²) in [6, 6.07) is 15.3. The Morgan fingerprint density at radius 2 is 1.75 bits per heavy atom. The zero-order valence-electron chi connectivity index (χ0n) is 15.1. The fraction of sp³-hybridized carbons (Fsp3) is 0.200. The fourth-order valence-electron chi connectivity index (χ4n) is 2.71. The molecular weight excluding hydrogens is 381 g/mol. The summed E-state index contributed by atoms with van der Waals surface area (Å²) in [7, 11) is -3.69. The molecule has 0 fully saturated rings. The molecule has 0 radical (unpaired) electrons. The monoisotopic (exact) mass is 401 g/mol.